The van der Waals surface area contributed by atoms with Crippen LogP contribution < -0.4 is 11.1 Å². The number of nitrogens with one attached hydrogen (secondary N) is 1. The molecule has 0 fully saturated rings. The second kappa shape index (κ2) is 5.10. The minimum Gasteiger partial charge on any atom is -0.399 e. The van der Waals surface area contributed by atoms with Crippen molar-refractivity contribution < 1.29 is 4.79 Å². The molecule has 0 aliphatic carbocycles. The Morgan fingerprint density at radius 3 is 2.60 bits per heavy atom. The van der Waals surface area contributed by atoms with Crippen molar-refractivity contribution in [3.8, 4) is 18.0 Å². The molecule has 0 radical (unpaired) electrons. The lowest BCUT2D eigenvalue weighted by molar-refractivity contribution is 0.0924. The first-order chi connectivity index (χ1) is 9.41. The number of hydrogen-bond donors (Lipinski definition) is 2. The summed E-state index contributed by atoms with van der Waals surface area (Å²) in [4.78, 5) is 12.0. The fraction of sp³-hybridized carbons (Fsp3) is 0.200. The van der Waals surface area contributed by atoms with Crippen molar-refractivity contribution in [1.29, 1.82) is 0 Å². The van der Waals surface area contributed by atoms with Crippen LogP contribution in [0.4, 0.5) is 5.69 Å². The smallest absolute Gasteiger partial charge is 0.272 e. The molecule has 5 nitrogen and oxygen atoms in total. The molecular weight excluding hydrogens is 252 g/mol. The van der Waals surface area contributed by atoms with Crippen LogP contribution in [0.25, 0.3) is 5.69 Å². The SMILES string of the molecule is C#CC(C)(C)NC(=O)c1ccn(-c2ccc(N)cc2)n1. The number of hydrogen-bond acceptors (Lipinski definition) is 3. The zero-order chi connectivity index (χ0) is 14.8. The minimum absolute atomic E-state index is 0.304. The minimum atomic E-state index is -0.706. The van der Waals surface area contributed by atoms with Crippen LogP contribution in [-0.2, 0) is 0 Å². The van der Waals surface area contributed by atoms with Crippen LogP contribution in [0.5, 0.6) is 0 Å². The third-order valence-electron chi connectivity index (χ3n) is 2.77. The second-order valence-electron chi connectivity index (χ2n) is 4.96. The van der Waals surface area contributed by atoms with Gasteiger partial charge in [-0.15, -0.1) is 6.42 Å². The van der Waals surface area contributed by atoms with E-state index >= 15 is 0 Å². The first-order valence-electron chi connectivity index (χ1n) is 6.13. The lowest BCUT2D eigenvalue weighted by Gasteiger charge is -2.18. The number of benzene rings is 1. The lowest BCUT2D eigenvalue weighted by atomic mass is 10.1. The Morgan fingerprint density at radius 2 is 2.00 bits per heavy atom. The summed E-state index contributed by atoms with van der Waals surface area (Å²) < 4.78 is 1.61. The third kappa shape index (κ3) is 2.98. The number of nitrogens with zero attached hydrogens (tertiary/aromatic N) is 2. The van der Waals surface area contributed by atoms with Crippen LogP contribution in [0.1, 0.15) is 24.3 Å². The number of rotatable bonds is 3. The van der Waals surface area contributed by atoms with E-state index in [4.69, 9.17) is 12.2 Å². The average molecular weight is 268 g/mol. The molecular formula is C15H16N4O. The summed E-state index contributed by atoms with van der Waals surface area (Å²) in [5, 5.41) is 6.95. The Hall–Kier alpha value is -2.74. The van der Waals surface area contributed by atoms with Crippen LogP contribution >= 0.6 is 0 Å². The molecule has 0 aliphatic rings. The Balaban J connectivity index is 2.19. The zero-order valence-electron chi connectivity index (χ0n) is 11.4. The maximum Gasteiger partial charge on any atom is 0.272 e. The summed E-state index contributed by atoms with van der Waals surface area (Å²) in [6.07, 6.45) is 7.05. The van der Waals surface area contributed by atoms with E-state index < -0.39 is 5.54 Å². The van der Waals surface area contributed by atoms with Crippen molar-refractivity contribution >= 4 is 11.6 Å². The van der Waals surface area contributed by atoms with Gasteiger partial charge in [-0.05, 0) is 44.2 Å². The summed E-state index contributed by atoms with van der Waals surface area (Å²) in [5.74, 6) is 2.20. The highest BCUT2D eigenvalue weighted by Crippen LogP contribution is 2.11. The van der Waals surface area contributed by atoms with Crippen molar-refractivity contribution in [1.82, 2.24) is 15.1 Å². The molecule has 0 saturated heterocycles. The molecule has 1 heterocycles. The monoisotopic (exact) mass is 268 g/mol. The Bertz CT molecular complexity index is 662. The topological polar surface area (TPSA) is 72.9 Å². The van der Waals surface area contributed by atoms with E-state index in [2.05, 4.69) is 16.3 Å². The van der Waals surface area contributed by atoms with Gasteiger partial charge in [-0.25, -0.2) is 4.68 Å². The zero-order valence-corrected chi connectivity index (χ0v) is 11.4. The molecule has 20 heavy (non-hydrogen) atoms. The van der Waals surface area contributed by atoms with Crippen molar-refractivity contribution in [2.45, 2.75) is 19.4 Å². The van der Waals surface area contributed by atoms with E-state index in [1.807, 2.05) is 12.1 Å². The molecule has 0 atom stereocenters. The molecule has 2 aromatic rings. The van der Waals surface area contributed by atoms with Gasteiger partial charge in [-0.1, -0.05) is 5.92 Å². The molecule has 0 saturated carbocycles. The van der Waals surface area contributed by atoms with Crippen LogP contribution in [-0.4, -0.2) is 21.2 Å². The standard InChI is InChI=1S/C15H16N4O/c1-4-15(2,3)17-14(20)13-9-10-19(18-13)12-7-5-11(16)6-8-12/h1,5-10H,16H2,2-3H3,(H,17,20). The predicted molar refractivity (Wildman–Crippen MR) is 78.4 cm³/mol. The normalized spacial score (nSPS) is 10.8. The van der Waals surface area contributed by atoms with Crippen LogP contribution in [0, 0.1) is 12.3 Å². The van der Waals surface area contributed by atoms with Crippen molar-refractivity contribution in [2.24, 2.45) is 0 Å². The number of nitrogen functional groups attached to an aromatic ring is 1. The molecule has 0 aliphatic heterocycles. The molecule has 0 bridgehead atoms. The van der Waals surface area contributed by atoms with E-state index in [-0.39, 0.29) is 5.91 Å². The number of aromatic nitrogens is 2. The van der Waals surface area contributed by atoms with Gasteiger partial charge >= 0.3 is 0 Å². The summed E-state index contributed by atoms with van der Waals surface area (Å²) in [6, 6.07) is 8.85. The Morgan fingerprint density at radius 1 is 1.35 bits per heavy atom. The van der Waals surface area contributed by atoms with Gasteiger partial charge in [0, 0.05) is 11.9 Å². The highest BCUT2D eigenvalue weighted by Gasteiger charge is 2.19. The maximum absolute atomic E-state index is 12.0. The fourth-order valence-corrected chi connectivity index (χ4v) is 1.60. The number of carbonyl (C=O) groups is 1. The number of carbonyl (C=O) groups excluding carboxylic acids is 1. The Kier molecular flexibility index (Phi) is 3.49. The number of anilines is 1. The van der Waals surface area contributed by atoms with Gasteiger partial charge in [0.2, 0.25) is 0 Å². The average Bonchev–Trinajstić information content (AvgIpc) is 2.89. The molecule has 1 amide bonds. The summed E-state index contributed by atoms with van der Waals surface area (Å²) in [7, 11) is 0. The summed E-state index contributed by atoms with van der Waals surface area (Å²) >= 11 is 0. The van der Waals surface area contributed by atoms with E-state index in [0.29, 0.717) is 11.4 Å². The van der Waals surface area contributed by atoms with Crippen molar-refractivity contribution in [3.63, 3.8) is 0 Å². The molecule has 1 aromatic carbocycles. The number of amides is 1. The molecule has 0 spiro atoms. The molecule has 102 valence electrons. The van der Waals surface area contributed by atoms with Gasteiger partial charge in [0.25, 0.3) is 5.91 Å². The molecule has 1 aromatic heterocycles. The molecule has 2 rings (SSSR count). The van der Waals surface area contributed by atoms with Gasteiger partial charge in [0.05, 0.1) is 11.2 Å². The van der Waals surface area contributed by atoms with Crippen LogP contribution in [0.3, 0.4) is 0 Å². The summed E-state index contributed by atoms with van der Waals surface area (Å²) in [5.41, 5.74) is 6.74. The van der Waals surface area contributed by atoms with Gasteiger partial charge in [0.15, 0.2) is 5.69 Å². The highest BCUT2D eigenvalue weighted by molar-refractivity contribution is 5.93. The van der Waals surface area contributed by atoms with E-state index in [1.165, 1.54) is 0 Å². The highest BCUT2D eigenvalue weighted by atomic mass is 16.2. The number of terminal acetylenes is 1. The predicted octanol–water partition coefficient (Wildman–Crippen LogP) is 1.60. The lowest BCUT2D eigenvalue weighted by Crippen LogP contribution is -2.42. The van der Waals surface area contributed by atoms with Crippen molar-refractivity contribution in [3.05, 3.63) is 42.2 Å². The molecule has 5 heteroatoms. The third-order valence-corrected chi connectivity index (χ3v) is 2.77. The molecule has 3 N–H and O–H groups in total. The summed E-state index contributed by atoms with van der Waals surface area (Å²) in [6.45, 7) is 3.50. The second-order valence-corrected chi connectivity index (χ2v) is 4.96. The van der Waals surface area contributed by atoms with E-state index in [0.717, 1.165) is 5.69 Å². The maximum atomic E-state index is 12.0. The molecule has 0 unspecified atom stereocenters. The van der Waals surface area contributed by atoms with Gasteiger partial charge in [0.1, 0.15) is 0 Å². The number of nitrogens with two attached hydrogens (primary N) is 1. The fourth-order valence-electron chi connectivity index (χ4n) is 1.60. The first kappa shape index (κ1) is 13.7. The van der Waals surface area contributed by atoms with Crippen LogP contribution in [0.2, 0.25) is 0 Å². The van der Waals surface area contributed by atoms with Gasteiger partial charge < -0.3 is 11.1 Å². The van der Waals surface area contributed by atoms with E-state index in [1.54, 1.807) is 42.9 Å². The van der Waals surface area contributed by atoms with Gasteiger partial charge in [-0.3, -0.25) is 4.79 Å². The largest absolute Gasteiger partial charge is 0.399 e. The van der Waals surface area contributed by atoms with Crippen molar-refractivity contribution in [2.75, 3.05) is 5.73 Å². The Labute approximate surface area is 117 Å². The van der Waals surface area contributed by atoms with E-state index in [9.17, 15) is 4.79 Å². The van der Waals surface area contributed by atoms with Crippen LogP contribution in [0.15, 0.2) is 36.5 Å². The van der Waals surface area contributed by atoms with Gasteiger partial charge in [-0.2, -0.15) is 5.10 Å². The quantitative estimate of drug-likeness (QED) is 0.656. The first-order valence-corrected chi connectivity index (χ1v) is 6.13.